The number of hydrogen-bond acceptors (Lipinski definition) is 13. The number of amides is 1. The number of carbonyl (C=O) groups is 3. The number of Topliss-reactive ketones (excluding diaryl/α,β-unsaturated/α-hetero) is 1. The third kappa shape index (κ3) is 9.87. The van der Waals surface area contributed by atoms with Crippen LogP contribution in [0.5, 0.6) is 17.2 Å². The molecule has 9 atom stereocenters. The Hall–Kier alpha value is -5.77. The number of nitrogens with one attached hydrogen (secondary N) is 1. The number of allylic oxidation sites excluding steroid dienone is 2. The summed E-state index contributed by atoms with van der Waals surface area (Å²) in [4.78, 5) is 60.9. The van der Waals surface area contributed by atoms with Gasteiger partial charge in [0, 0.05) is 55.4 Å². The van der Waals surface area contributed by atoms with Gasteiger partial charge in [0.05, 0.1) is 48.0 Å². The lowest BCUT2D eigenvalue weighted by atomic mass is 9.73. The van der Waals surface area contributed by atoms with Crippen molar-refractivity contribution in [1.29, 1.82) is 0 Å². The van der Waals surface area contributed by atoms with Crippen molar-refractivity contribution in [3.05, 3.63) is 75.7 Å². The predicted molar refractivity (Wildman–Crippen MR) is 266 cm³/mol. The van der Waals surface area contributed by atoms with Crippen LogP contribution in [-0.2, 0) is 23.8 Å². The van der Waals surface area contributed by atoms with Crippen LogP contribution < -0.4 is 20.2 Å². The average Bonchev–Trinajstić information content (AvgIpc) is 3.57. The summed E-state index contributed by atoms with van der Waals surface area (Å²) < 4.78 is 38.0. The number of fused-ring (bicyclic) bond motifs is 5. The molecule has 15 nitrogen and oxygen atoms in total. The molecule has 15 heteroatoms. The highest BCUT2D eigenvalue weighted by atomic mass is 16.7. The van der Waals surface area contributed by atoms with Crippen LogP contribution in [0.2, 0.25) is 0 Å². The highest BCUT2D eigenvalue weighted by molar-refractivity contribution is 6.26. The summed E-state index contributed by atoms with van der Waals surface area (Å²) in [7, 11) is 1.51. The molecule has 6 rings (SSSR count). The van der Waals surface area contributed by atoms with Crippen LogP contribution in [0.25, 0.3) is 33.0 Å². The van der Waals surface area contributed by atoms with Crippen molar-refractivity contribution in [2.45, 2.75) is 127 Å². The maximum absolute atomic E-state index is 14.8. The molecule has 0 fully saturated rings. The van der Waals surface area contributed by atoms with Crippen molar-refractivity contribution in [3.8, 4) is 17.2 Å². The van der Waals surface area contributed by atoms with Crippen molar-refractivity contribution in [2.24, 2.45) is 29.6 Å². The summed E-state index contributed by atoms with van der Waals surface area (Å²) in [5.41, 5.74) is -0.264. The molecule has 374 valence electrons. The first-order valence-corrected chi connectivity index (χ1v) is 24.1. The number of aromatic nitrogens is 1. The van der Waals surface area contributed by atoms with Gasteiger partial charge in [0.2, 0.25) is 0 Å². The SMILES string of the molecule is CC[N+](CC)(CCOc1ccc2nc3c(oc2c1)c1c(O)c2c(=O)c(C)c4c(c23)C(=O)[C@@](C)(O/C=C/[C@H](OC)[C@@H](C)[C@@H](OC(C)=O)[C@H](C)[C@H](C)[C@H](C)[C@@H](O)[C@@H](C)/C=C/C=C(/C)C(=O)N1)O4)C(C)(C)C. The number of ether oxygens (including phenoxy) is 5. The normalized spacial score (nSPS) is 28.0. The molecule has 0 radical (unpaired) electrons. The summed E-state index contributed by atoms with van der Waals surface area (Å²) >= 11 is 0. The number of phenolic OH excluding ortho intramolecular Hbond substituents is 1. The second-order valence-electron chi connectivity index (χ2n) is 20.2. The number of aliphatic hydroxyl groups is 1. The fourth-order valence-corrected chi connectivity index (χ4v) is 10.3. The summed E-state index contributed by atoms with van der Waals surface area (Å²) in [6.07, 6.45) is 5.78. The largest absolute Gasteiger partial charge is 0.505 e. The fraction of sp³-hybridized carbons (Fsp3) is 0.537. The lowest BCUT2D eigenvalue weighted by molar-refractivity contribution is -0.967. The van der Waals surface area contributed by atoms with Gasteiger partial charge in [-0.1, -0.05) is 52.8 Å². The van der Waals surface area contributed by atoms with E-state index in [0.717, 1.165) is 24.1 Å². The molecule has 0 spiro atoms. The van der Waals surface area contributed by atoms with Crippen molar-refractivity contribution in [3.63, 3.8) is 0 Å². The number of nitrogens with zero attached hydrogens (tertiary/aromatic N) is 2. The lowest BCUT2D eigenvalue weighted by Gasteiger charge is -2.47. The molecular formula is C54H72N3O12+. The number of ketones is 1. The van der Waals surface area contributed by atoms with Crippen LogP contribution in [0, 0.1) is 36.5 Å². The monoisotopic (exact) mass is 955 g/mol. The number of aliphatic hydroxyl groups excluding tert-OH is 1. The third-order valence-electron chi connectivity index (χ3n) is 15.3. The van der Waals surface area contributed by atoms with E-state index in [1.807, 2.05) is 34.6 Å². The Morgan fingerprint density at radius 3 is 2.28 bits per heavy atom. The van der Waals surface area contributed by atoms with E-state index in [2.05, 4.69) is 39.9 Å². The Bertz CT molecular complexity index is 2780. The molecule has 2 aliphatic heterocycles. The molecular weight excluding hydrogens is 883 g/mol. The van der Waals surface area contributed by atoms with E-state index in [1.165, 1.54) is 34.1 Å². The lowest BCUT2D eigenvalue weighted by Crippen LogP contribution is -2.61. The van der Waals surface area contributed by atoms with E-state index in [1.54, 1.807) is 49.4 Å². The summed E-state index contributed by atoms with van der Waals surface area (Å²) in [5, 5.41) is 26.3. The predicted octanol–water partition coefficient (Wildman–Crippen LogP) is 9.31. The zero-order chi connectivity index (χ0) is 51.1. The number of rotatable bonds is 8. The molecule has 0 saturated heterocycles. The van der Waals surface area contributed by atoms with Crippen molar-refractivity contribution in [1.82, 2.24) is 4.98 Å². The standard InChI is InChI=1S/C54H71N3O12/c1-16-57(17-2,53(11,12)13)24-26-65-36-21-22-37-39(27-36)68-50-43(55-37)40-41-46(60)34(9)49-42(40)51(62)54(14,69-49)66-25-23-38(64-15)33(8)48(67-35(10)58)32(7)30(5)31(6)45(59)28(3)19-18-20-29(4)52(63)56-44(50)47(41)61/h18-23,25,27-28,30-33,38,45,48,59H,16-17,24,26H2,1-15H3,(H-,55,56,60,61,62,63)/p+1/b19-18+,25-23+,29-20-/t28-,30+,31-,32+,33+,38-,45-,48-,54-/m0/s1. The van der Waals surface area contributed by atoms with Crippen LogP contribution in [0.3, 0.4) is 0 Å². The minimum Gasteiger partial charge on any atom is -0.505 e. The summed E-state index contributed by atoms with van der Waals surface area (Å²) in [6, 6.07) is 5.15. The molecule has 4 aromatic rings. The number of anilines is 1. The highest BCUT2D eigenvalue weighted by Crippen LogP contribution is 2.48. The van der Waals surface area contributed by atoms with Gasteiger partial charge in [0.1, 0.15) is 47.5 Å². The first-order chi connectivity index (χ1) is 32.4. The van der Waals surface area contributed by atoms with Crippen molar-refractivity contribution < 1.29 is 57.2 Å². The van der Waals surface area contributed by atoms with Gasteiger partial charge in [-0.05, 0) is 84.4 Å². The van der Waals surface area contributed by atoms with E-state index in [4.69, 9.17) is 33.1 Å². The number of methoxy groups -OCH3 is 1. The molecule has 0 aliphatic carbocycles. The Kier molecular flexibility index (Phi) is 15.5. The van der Waals surface area contributed by atoms with Gasteiger partial charge in [0.15, 0.2) is 22.3 Å². The zero-order valence-corrected chi connectivity index (χ0v) is 42.9. The van der Waals surface area contributed by atoms with Gasteiger partial charge >= 0.3 is 11.8 Å². The van der Waals surface area contributed by atoms with E-state index < -0.39 is 58.9 Å². The smallest absolute Gasteiger partial charge is 0.312 e. The second-order valence-corrected chi connectivity index (χ2v) is 20.2. The Morgan fingerprint density at radius 2 is 1.65 bits per heavy atom. The molecule has 1 amide bonds. The van der Waals surface area contributed by atoms with E-state index in [9.17, 15) is 29.4 Å². The third-order valence-corrected chi connectivity index (χ3v) is 15.3. The fourth-order valence-electron chi connectivity index (χ4n) is 10.3. The maximum atomic E-state index is 14.8. The molecule has 5 bridgehead atoms. The van der Waals surface area contributed by atoms with Gasteiger partial charge in [-0.3, -0.25) is 19.2 Å². The Morgan fingerprint density at radius 1 is 0.971 bits per heavy atom. The Balaban J connectivity index is 1.55. The van der Waals surface area contributed by atoms with Crippen LogP contribution in [0.15, 0.2) is 63.6 Å². The molecule has 0 unspecified atom stereocenters. The molecule has 2 aliphatic rings. The number of benzene rings is 3. The molecule has 3 aromatic carbocycles. The zero-order valence-electron chi connectivity index (χ0n) is 42.9. The van der Waals surface area contributed by atoms with Crippen LogP contribution in [-0.4, -0.2) is 100 Å². The summed E-state index contributed by atoms with van der Waals surface area (Å²) in [5.74, 6) is -5.43. The van der Waals surface area contributed by atoms with Gasteiger partial charge in [-0.2, -0.15) is 0 Å². The minimum atomic E-state index is -2.01. The van der Waals surface area contributed by atoms with Gasteiger partial charge < -0.3 is 48.1 Å². The van der Waals surface area contributed by atoms with Crippen LogP contribution in [0.1, 0.15) is 106 Å². The second kappa shape index (κ2) is 20.3. The maximum Gasteiger partial charge on any atom is 0.312 e. The molecule has 3 N–H and O–H groups in total. The number of hydrogen-bond donors (Lipinski definition) is 3. The topological polar surface area (TPSA) is 193 Å². The number of esters is 1. The van der Waals surface area contributed by atoms with Crippen molar-refractivity contribution in [2.75, 3.05) is 38.7 Å². The summed E-state index contributed by atoms with van der Waals surface area (Å²) in [6.45, 7) is 29.6. The van der Waals surface area contributed by atoms with E-state index in [-0.39, 0.29) is 84.8 Å². The highest BCUT2D eigenvalue weighted by Gasteiger charge is 2.50. The van der Waals surface area contributed by atoms with Gasteiger partial charge in [0.25, 0.3) is 11.7 Å². The number of phenols is 1. The number of likely N-dealkylation sites (N-methyl/N-ethyl adjacent to an activating group) is 1. The van der Waals surface area contributed by atoms with Gasteiger partial charge in [-0.15, -0.1) is 0 Å². The number of quaternary nitrogens is 1. The first kappa shape index (κ1) is 52.6. The number of aromatic hydroxyl groups is 1. The van der Waals surface area contributed by atoms with Gasteiger partial charge in [-0.25, -0.2) is 4.98 Å². The van der Waals surface area contributed by atoms with E-state index >= 15 is 0 Å². The number of carbonyl (C=O) groups excluding carboxylic acids is 3. The van der Waals surface area contributed by atoms with Crippen LogP contribution >= 0.6 is 0 Å². The van der Waals surface area contributed by atoms with Crippen LogP contribution in [0.4, 0.5) is 5.69 Å². The molecule has 0 saturated carbocycles. The minimum absolute atomic E-state index is 0.00330. The quantitative estimate of drug-likeness (QED) is 0.0498. The molecule has 69 heavy (non-hydrogen) atoms. The molecule has 1 aromatic heterocycles. The molecule has 3 heterocycles. The van der Waals surface area contributed by atoms with Crippen molar-refractivity contribution >= 4 is 56.3 Å². The first-order valence-electron chi connectivity index (χ1n) is 24.1. The van der Waals surface area contributed by atoms with E-state index in [0.29, 0.717) is 17.9 Å². The Labute approximate surface area is 405 Å². The average molecular weight is 955 g/mol.